The average Bonchev–Trinajstić information content (AvgIpc) is 3.14. The van der Waals surface area contributed by atoms with Crippen LogP contribution in [0.5, 0.6) is 0 Å². The molecule has 0 radical (unpaired) electrons. The van der Waals surface area contributed by atoms with Crippen LogP contribution in [0.15, 0.2) is 36.4 Å². The Morgan fingerprint density at radius 1 is 1.13 bits per heavy atom. The molecular formula is C22H26ClNO4S2. The van der Waals surface area contributed by atoms with Gasteiger partial charge in [-0.25, -0.2) is 4.79 Å². The molecule has 0 aliphatic heterocycles. The number of halogens is 1. The van der Waals surface area contributed by atoms with Gasteiger partial charge in [-0.15, -0.1) is 11.3 Å². The lowest BCUT2D eigenvalue weighted by molar-refractivity contribution is -0.144. The molecule has 1 amide bonds. The zero-order valence-electron chi connectivity index (χ0n) is 17.5. The molecule has 2 aromatic rings. The molecular weight excluding hydrogens is 442 g/mol. The van der Waals surface area contributed by atoms with Gasteiger partial charge in [0.15, 0.2) is 6.61 Å². The van der Waals surface area contributed by atoms with Crippen LogP contribution in [0.25, 0.3) is 0 Å². The fourth-order valence-electron chi connectivity index (χ4n) is 2.62. The molecule has 0 bridgehead atoms. The third-order valence-electron chi connectivity index (χ3n) is 4.41. The number of hydrogen-bond donors (Lipinski definition) is 1. The highest BCUT2D eigenvalue weighted by Crippen LogP contribution is 2.23. The SMILES string of the molecule is CSCC[C@H](NC(=O)c1ccc(C(C)(C)C)cc1)C(=O)OCC(=O)c1ccc(Cl)s1. The van der Waals surface area contributed by atoms with Crippen molar-refractivity contribution in [2.45, 2.75) is 38.6 Å². The summed E-state index contributed by atoms with van der Waals surface area (Å²) < 4.78 is 5.67. The number of benzene rings is 1. The number of thioether (sulfide) groups is 1. The Bertz CT molecular complexity index is 887. The van der Waals surface area contributed by atoms with Crippen molar-refractivity contribution in [3.05, 3.63) is 56.7 Å². The Kier molecular flexibility index (Phi) is 8.94. The van der Waals surface area contributed by atoms with Crippen molar-refractivity contribution < 1.29 is 19.1 Å². The topological polar surface area (TPSA) is 72.5 Å². The zero-order chi connectivity index (χ0) is 22.3. The van der Waals surface area contributed by atoms with Gasteiger partial charge in [-0.2, -0.15) is 11.8 Å². The Labute approximate surface area is 190 Å². The maximum Gasteiger partial charge on any atom is 0.329 e. The van der Waals surface area contributed by atoms with Crippen molar-refractivity contribution in [1.29, 1.82) is 0 Å². The van der Waals surface area contributed by atoms with Crippen LogP contribution in [0.2, 0.25) is 4.34 Å². The molecule has 0 fully saturated rings. The second-order valence-corrected chi connectivity index (χ2v) is 10.5. The molecule has 162 valence electrons. The molecule has 5 nitrogen and oxygen atoms in total. The number of carbonyl (C=O) groups is 3. The third kappa shape index (κ3) is 7.15. The summed E-state index contributed by atoms with van der Waals surface area (Å²) in [6, 6.07) is 9.70. The molecule has 1 atom stereocenters. The first-order valence-electron chi connectivity index (χ1n) is 9.47. The van der Waals surface area contributed by atoms with E-state index in [1.807, 2.05) is 18.4 Å². The van der Waals surface area contributed by atoms with Gasteiger partial charge in [0.05, 0.1) is 9.21 Å². The van der Waals surface area contributed by atoms with Gasteiger partial charge in [0.2, 0.25) is 5.78 Å². The molecule has 0 saturated carbocycles. The van der Waals surface area contributed by atoms with Crippen LogP contribution in [0.3, 0.4) is 0 Å². The maximum absolute atomic E-state index is 12.6. The van der Waals surface area contributed by atoms with Crippen molar-refractivity contribution in [3.63, 3.8) is 0 Å². The van der Waals surface area contributed by atoms with E-state index in [0.29, 0.717) is 27.0 Å². The highest BCUT2D eigenvalue weighted by atomic mass is 35.5. The summed E-state index contributed by atoms with van der Waals surface area (Å²) in [5.41, 5.74) is 1.57. The van der Waals surface area contributed by atoms with Crippen molar-refractivity contribution in [1.82, 2.24) is 5.32 Å². The number of Topliss-reactive ketones (excluding diaryl/α,β-unsaturated/α-hetero) is 1. The maximum atomic E-state index is 12.6. The van der Waals surface area contributed by atoms with Gasteiger partial charge in [0, 0.05) is 5.56 Å². The molecule has 1 aromatic heterocycles. The molecule has 0 spiro atoms. The lowest BCUT2D eigenvalue weighted by atomic mass is 9.86. The van der Waals surface area contributed by atoms with Crippen LogP contribution in [0.4, 0.5) is 0 Å². The number of rotatable bonds is 9. The van der Waals surface area contributed by atoms with Crippen LogP contribution in [-0.2, 0) is 14.9 Å². The summed E-state index contributed by atoms with van der Waals surface area (Å²) in [6.07, 6.45) is 2.32. The fraction of sp³-hybridized carbons (Fsp3) is 0.409. The summed E-state index contributed by atoms with van der Waals surface area (Å²) >= 11 is 8.53. The number of carbonyl (C=O) groups excluding carboxylic acids is 3. The Morgan fingerprint density at radius 3 is 2.33 bits per heavy atom. The summed E-state index contributed by atoms with van der Waals surface area (Å²) in [7, 11) is 0. The molecule has 0 saturated heterocycles. The summed E-state index contributed by atoms with van der Waals surface area (Å²) in [6.45, 7) is 5.91. The average molecular weight is 468 g/mol. The van der Waals surface area contributed by atoms with Crippen LogP contribution >= 0.6 is 34.7 Å². The van der Waals surface area contributed by atoms with Gasteiger partial charge in [-0.3, -0.25) is 9.59 Å². The number of ether oxygens (including phenoxy) is 1. The molecule has 1 N–H and O–H groups in total. The summed E-state index contributed by atoms with van der Waals surface area (Å²) in [5.74, 6) is -0.639. The van der Waals surface area contributed by atoms with Crippen LogP contribution in [0.1, 0.15) is 52.8 Å². The first-order chi connectivity index (χ1) is 14.1. The van der Waals surface area contributed by atoms with E-state index in [2.05, 4.69) is 26.1 Å². The minimum Gasteiger partial charge on any atom is -0.456 e. The van der Waals surface area contributed by atoms with Crippen LogP contribution in [-0.4, -0.2) is 42.3 Å². The second kappa shape index (κ2) is 11.0. The molecule has 0 aliphatic carbocycles. The van der Waals surface area contributed by atoms with Gasteiger partial charge in [0.1, 0.15) is 6.04 Å². The summed E-state index contributed by atoms with van der Waals surface area (Å²) in [5, 5.41) is 2.74. The van der Waals surface area contributed by atoms with Crippen molar-refractivity contribution >= 4 is 52.4 Å². The largest absolute Gasteiger partial charge is 0.456 e. The van der Waals surface area contributed by atoms with E-state index in [1.165, 1.54) is 0 Å². The van der Waals surface area contributed by atoms with E-state index in [1.54, 1.807) is 36.0 Å². The van der Waals surface area contributed by atoms with E-state index >= 15 is 0 Å². The van der Waals surface area contributed by atoms with E-state index in [4.69, 9.17) is 16.3 Å². The van der Waals surface area contributed by atoms with Crippen molar-refractivity contribution in [2.24, 2.45) is 0 Å². The second-order valence-electron chi connectivity index (χ2n) is 7.77. The van der Waals surface area contributed by atoms with Crippen molar-refractivity contribution in [3.8, 4) is 0 Å². The molecule has 30 heavy (non-hydrogen) atoms. The molecule has 0 aliphatic rings. The highest BCUT2D eigenvalue weighted by Gasteiger charge is 2.24. The normalized spacial score (nSPS) is 12.3. The Morgan fingerprint density at radius 2 is 1.80 bits per heavy atom. The van der Waals surface area contributed by atoms with E-state index in [9.17, 15) is 14.4 Å². The molecule has 1 aromatic carbocycles. The quantitative estimate of drug-likeness (QED) is 0.416. The van der Waals surface area contributed by atoms with Gasteiger partial charge in [0.25, 0.3) is 5.91 Å². The van der Waals surface area contributed by atoms with Gasteiger partial charge < -0.3 is 10.1 Å². The summed E-state index contributed by atoms with van der Waals surface area (Å²) in [4.78, 5) is 37.7. The third-order valence-corrected chi connectivity index (χ3v) is 6.32. The van der Waals surface area contributed by atoms with E-state index in [0.717, 1.165) is 16.9 Å². The first kappa shape index (κ1) is 24.4. The number of nitrogens with one attached hydrogen (secondary N) is 1. The lowest BCUT2D eigenvalue weighted by Crippen LogP contribution is -2.42. The molecule has 2 rings (SSSR count). The highest BCUT2D eigenvalue weighted by molar-refractivity contribution is 7.98. The number of amides is 1. The van der Waals surface area contributed by atoms with Crippen LogP contribution < -0.4 is 5.32 Å². The zero-order valence-corrected chi connectivity index (χ0v) is 19.9. The predicted octanol–water partition coefficient (Wildman–Crippen LogP) is 4.98. The minimum atomic E-state index is -0.827. The molecule has 0 unspecified atom stereocenters. The monoisotopic (exact) mass is 467 g/mol. The van der Waals surface area contributed by atoms with Gasteiger partial charge in [-0.1, -0.05) is 44.5 Å². The number of hydrogen-bond acceptors (Lipinski definition) is 6. The number of ketones is 1. The van der Waals surface area contributed by atoms with Gasteiger partial charge in [-0.05, 0) is 53.7 Å². The van der Waals surface area contributed by atoms with Gasteiger partial charge >= 0.3 is 5.97 Å². The number of esters is 1. The molecule has 1 heterocycles. The fourth-order valence-corrected chi connectivity index (χ4v) is 4.06. The van der Waals surface area contributed by atoms with E-state index < -0.39 is 12.0 Å². The first-order valence-corrected chi connectivity index (χ1v) is 12.1. The standard InChI is InChI=1S/C22H26ClNO4S2/c1-22(2,3)15-7-5-14(6-8-15)20(26)24-16(11-12-29-4)21(27)28-13-17(25)18-9-10-19(23)30-18/h5-10,16H,11-13H2,1-4H3,(H,24,26)/t16-/m0/s1. The van der Waals surface area contributed by atoms with E-state index in [-0.39, 0.29) is 23.7 Å². The number of thiophene rings is 1. The molecule has 8 heteroatoms. The lowest BCUT2D eigenvalue weighted by Gasteiger charge is -2.20. The predicted molar refractivity (Wildman–Crippen MR) is 124 cm³/mol. The van der Waals surface area contributed by atoms with Crippen molar-refractivity contribution in [2.75, 3.05) is 18.6 Å². The smallest absolute Gasteiger partial charge is 0.329 e. The Balaban J connectivity index is 2.00. The van der Waals surface area contributed by atoms with Crippen LogP contribution in [0, 0.1) is 0 Å². The minimum absolute atomic E-state index is 0.0149. The Hall–Kier alpha value is -1.83.